The van der Waals surface area contributed by atoms with Gasteiger partial charge in [-0.25, -0.2) is 14.4 Å². The van der Waals surface area contributed by atoms with Crippen molar-refractivity contribution in [3.8, 4) is 0 Å². The largest absolute Gasteiger partial charge is 0.348 e. The molecule has 4 aromatic rings. The summed E-state index contributed by atoms with van der Waals surface area (Å²) in [5.74, 6) is -0.184. The number of amides is 1. The molecule has 1 atom stereocenters. The summed E-state index contributed by atoms with van der Waals surface area (Å²) in [5.41, 5.74) is 0.979. The minimum absolute atomic E-state index is 0.184. The number of rotatable bonds is 3. The first-order valence-electron chi connectivity index (χ1n) is 9.75. The molecule has 1 aliphatic heterocycles. The summed E-state index contributed by atoms with van der Waals surface area (Å²) in [6, 6.07) is 9.58. The van der Waals surface area contributed by atoms with Gasteiger partial charge in [-0.15, -0.1) is 11.3 Å². The number of aromatic nitrogens is 4. The zero-order valence-corrected chi connectivity index (χ0v) is 17.4. The fourth-order valence-corrected chi connectivity index (χ4v) is 4.70. The molecular formula is C22H20FN5OS. The molecule has 5 rings (SSSR count). The maximum absolute atomic E-state index is 14.3. The number of aromatic amines is 1. The van der Waals surface area contributed by atoms with Crippen molar-refractivity contribution in [1.29, 1.82) is 0 Å². The lowest BCUT2D eigenvalue weighted by atomic mass is 9.98. The first-order valence-corrected chi connectivity index (χ1v) is 10.6. The van der Waals surface area contributed by atoms with E-state index in [4.69, 9.17) is 0 Å². The van der Waals surface area contributed by atoms with Gasteiger partial charge in [-0.2, -0.15) is 0 Å². The van der Waals surface area contributed by atoms with Gasteiger partial charge in [0.05, 0.1) is 23.9 Å². The van der Waals surface area contributed by atoms with Gasteiger partial charge in [-0.05, 0) is 25.3 Å². The summed E-state index contributed by atoms with van der Waals surface area (Å²) in [4.78, 5) is 32.1. The monoisotopic (exact) mass is 421 g/mol. The van der Waals surface area contributed by atoms with Crippen LogP contribution in [-0.2, 0) is 12.1 Å². The maximum atomic E-state index is 14.3. The molecule has 1 amide bonds. The Balaban J connectivity index is 1.58. The topological polar surface area (TPSA) is 74.8 Å². The smallest absolute Gasteiger partial charge is 0.266 e. The van der Waals surface area contributed by atoms with Crippen LogP contribution in [0, 0.1) is 0 Å². The van der Waals surface area contributed by atoms with Crippen LogP contribution in [0.4, 0.5) is 4.39 Å². The summed E-state index contributed by atoms with van der Waals surface area (Å²) in [7, 11) is 0. The molecule has 1 N–H and O–H groups in total. The van der Waals surface area contributed by atoms with E-state index in [2.05, 4.69) is 19.9 Å². The number of nitrogens with zero attached hydrogens (tertiary/aromatic N) is 4. The molecule has 0 bridgehead atoms. The van der Waals surface area contributed by atoms with Gasteiger partial charge >= 0.3 is 0 Å². The molecule has 0 aliphatic carbocycles. The van der Waals surface area contributed by atoms with E-state index in [0.717, 1.165) is 39.2 Å². The van der Waals surface area contributed by atoms with Crippen molar-refractivity contribution < 1.29 is 9.18 Å². The van der Waals surface area contributed by atoms with Gasteiger partial charge in [0.15, 0.2) is 5.67 Å². The molecule has 3 aromatic heterocycles. The number of carbonyl (C=O) groups is 1. The van der Waals surface area contributed by atoms with Crippen LogP contribution < -0.4 is 0 Å². The number of fused-ring (bicyclic) bond motifs is 2. The molecule has 30 heavy (non-hydrogen) atoms. The summed E-state index contributed by atoms with van der Waals surface area (Å²) in [5, 5.41) is 2.38. The van der Waals surface area contributed by atoms with Crippen molar-refractivity contribution in [1.82, 2.24) is 24.8 Å². The first kappa shape index (κ1) is 18.9. The van der Waals surface area contributed by atoms with Crippen LogP contribution in [0.3, 0.4) is 0 Å². The van der Waals surface area contributed by atoms with Crippen molar-refractivity contribution in [3.05, 3.63) is 76.0 Å². The van der Waals surface area contributed by atoms with Crippen LogP contribution in [-0.4, -0.2) is 37.3 Å². The highest BCUT2D eigenvalue weighted by atomic mass is 32.1. The molecule has 8 heteroatoms. The van der Waals surface area contributed by atoms with Gasteiger partial charge in [-0.3, -0.25) is 9.78 Å². The highest BCUT2D eigenvalue weighted by Crippen LogP contribution is 2.36. The number of H-pyrrole nitrogens is 1. The number of nitrogens with one attached hydrogen (secondary N) is 1. The van der Waals surface area contributed by atoms with Gasteiger partial charge in [0.1, 0.15) is 15.9 Å². The fourth-order valence-electron chi connectivity index (χ4n) is 3.83. The normalized spacial score (nSPS) is 16.6. The SMILES string of the molecule is CC(C)(F)c1ncc(C(=O)N2CCc3[nH]cnc3[C@H]2c2cc3ccccc3cn2)s1. The number of benzene rings is 1. The summed E-state index contributed by atoms with van der Waals surface area (Å²) in [6.07, 6.45) is 5.62. The van der Waals surface area contributed by atoms with E-state index in [0.29, 0.717) is 22.9 Å². The minimum Gasteiger partial charge on any atom is -0.348 e. The molecule has 0 fully saturated rings. The standard InChI is InChI=1S/C22H20FN5OS/c1-22(2,23)21-25-11-17(30-21)20(29)28-8-7-15-18(27-12-26-15)19(28)16-9-13-5-3-4-6-14(13)10-24-16/h3-6,9-12,19H,7-8H2,1-2H3,(H,26,27)/t19-/m1/s1. The van der Waals surface area contributed by atoms with E-state index in [9.17, 15) is 9.18 Å². The number of hydrogen-bond donors (Lipinski definition) is 1. The molecule has 1 aliphatic rings. The molecule has 6 nitrogen and oxygen atoms in total. The predicted molar refractivity (Wildman–Crippen MR) is 113 cm³/mol. The number of carbonyl (C=O) groups excluding carboxylic acids is 1. The lowest BCUT2D eigenvalue weighted by molar-refractivity contribution is 0.0692. The molecule has 0 saturated heterocycles. The second kappa shape index (κ2) is 6.98. The fraction of sp³-hybridized carbons (Fsp3) is 0.273. The molecule has 1 aromatic carbocycles. The molecule has 152 valence electrons. The van der Waals surface area contributed by atoms with E-state index in [-0.39, 0.29) is 5.91 Å². The van der Waals surface area contributed by atoms with Gasteiger partial charge < -0.3 is 9.88 Å². The van der Waals surface area contributed by atoms with Crippen LogP contribution in [0.1, 0.15) is 51.7 Å². The van der Waals surface area contributed by atoms with Crippen molar-refractivity contribution in [2.75, 3.05) is 6.54 Å². The molecule has 0 unspecified atom stereocenters. The zero-order chi connectivity index (χ0) is 20.9. The van der Waals surface area contributed by atoms with Crippen molar-refractivity contribution >= 4 is 28.0 Å². The van der Waals surface area contributed by atoms with Crippen molar-refractivity contribution in [2.45, 2.75) is 32.0 Å². The summed E-state index contributed by atoms with van der Waals surface area (Å²) < 4.78 is 14.3. The van der Waals surface area contributed by atoms with E-state index in [1.807, 2.05) is 36.5 Å². The van der Waals surface area contributed by atoms with E-state index in [1.165, 1.54) is 20.0 Å². The van der Waals surface area contributed by atoms with Crippen LogP contribution in [0.2, 0.25) is 0 Å². The number of halogens is 1. The van der Waals surface area contributed by atoms with Gasteiger partial charge in [-0.1, -0.05) is 24.3 Å². The average molecular weight is 422 g/mol. The molecule has 4 heterocycles. The molecular weight excluding hydrogens is 401 g/mol. The van der Waals surface area contributed by atoms with Crippen LogP contribution >= 0.6 is 11.3 Å². The van der Waals surface area contributed by atoms with E-state index in [1.54, 1.807) is 11.2 Å². The van der Waals surface area contributed by atoms with E-state index >= 15 is 0 Å². The molecule has 0 spiro atoms. The Hall–Kier alpha value is -3.13. The number of pyridine rings is 1. The van der Waals surface area contributed by atoms with E-state index < -0.39 is 11.7 Å². The number of imidazole rings is 1. The quantitative estimate of drug-likeness (QED) is 0.532. The first-order chi connectivity index (χ1) is 14.4. The number of hydrogen-bond acceptors (Lipinski definition) is 5. The molecule has 0 radical (unpaired) electrons. The lowest BCUT2D eigenvalue weighted by Crippen LogP contribution is -2.40. The van der Waals surface area contributed by atoms with Gasteiger partial charge in [0, 0.05) is 30.2 Å². The Bertz CT molecular complexity index is 1240. The maximum Gasteiger partial charge on any atom is 0.266 e. The van der Waals surface area contributed by atoms with Crippen LogP contribution in [0.5, 0.6) is 0 Å². The van der Waals surface area contributed by atoms with Gasteiger partial charge in [0.2, 0.25) is 0 Å². The van der Waals surface area contributed by atoms with Crippen LogP contribution in [0.25, 0.3) is 10.8 Å². The Labute approximate surface area is 176 Å². The predicted octanol–water partition coefficient (Wildman–Crippen LogP) is 4.41. The van der Waals surface area contributed by atoms with Crippen LogP contribution in [0.15, 0.2) is 49.1 Å². The average Bonchev–Trinajstić information content (AvgIpc) is 3.41. The number of alkyl halides is 1. The lowest BCUT2D eigenvalue weighted by Gasteiger charge is -2.34. The minimum atomic E-state index is -1.58. The highest BCUT2D eigenvalue weighted by molar-refractivity contribution is 7.13. The number of thiazole rings is 1. The van der Waals surface area contributed by atoms with Crippen molar-refractivity contribution in [3.63, 3.8) is 0 Å². The second-order valence-electron chi connectivity index (χ2n) is 7.88. The van der Waals surface area contributed by atoms with Gasteiger partial charge in [0.25, 0.3) is 5.91 Å². The Morgan fingerprint density at radius 3 is 2.77 bits per heavy atom. The second-order valence-corrected chi connectivity index (χ2v) is 8.91. The molecule has 0 saturated carbocycles. The Morgan fingerprint density at radius 2 is 2.00 bits per heavy atom. The summed E-state index contributed by atoms with van der Waals surface area (Å²) in [6.45, 7) is 3.40. The third kappa shape index (κ3) is 3.17. The third-order valence-electron chi connectivity index (χ3n) is 5.34. The van der Waals surface area contributed by atoms with Crippen molar-refractivity contribution in [2.24, 2.45) is 0 Å². The Kier molecular flexibility index (Phi) is 4.39. The summed E-state index contributed by atoms with van der Waals surface area (Å²) >= 11 is 1.10. The zero-order valence-electron chi connectivity index (χ0n) is 16.6. The Morgan fingerprint density at radius 1 is 1.20 bits per heavy atom. The third-order valence-corrected chi connectivity index (χ3v) is 6.63. The highest BCUT2D eigenvalue weighted by Gasteiger charge is 2.36.